The summed E-state index contributed by atoms with van der Waals surface area (Å²) in [5, 5.41) is 0. The average Bonchev–Trinajstić information content (AvgIpc) is 3.04. The van der Waals surface area contributed by atoms with Crippen molar-refractivity contribution in [3.05, 3.63) is 26.6 Å². The Labute approximate surface area is 171 Å². The Morgan fingerprint density at radius 1 is 1.26 bits per heavy atom. The van der Waals surface area contributed by atoms with Gasteiger partial charge in [0.1, 0.15) is 4.88 Å². The van der Waals surface area contributed by atoms with Gasteiger partial charge in [0.15, 0.2) is 0 Å². The molecule has 7 heteroatoms. The number of halogens is 2. The summed E-state index contributed by atoms with van der Waals surface area (Å²) in [6.45, 7) is 2.22. The van der Waals surface area contributed by atoms with Crippen LogP contribution in [0.25, 0.3) is 0 Å². The van der Waals surface area contributed by atoms with Crippen LogP contribution in [0.1, 0.15) is 61.5 Å². The Hall–Kier alpha value is -1.21. The van der Waals surface area contributed by atoms with Crippen LogP contribution >= 0.6 is 27.3 Å². The van der Waals surface area contributed by atoms with E-state index in [4.69, 9.17) is 4.74 Å². The highest BCUT2D eigenvalue weighted by Crippen LogP contribution is 2.40. The molecule has 1 saturated carbocycles. The number of carbonyl (C=O) groups is 2. The first-order chi connectivity index (χ1) is 12.9. The Bertz CT molecular complexity index is 740. The minimum atomic E-state index is -0.451. The van der Waals surface area contributed by atoms with Crippen LogP contribution < -0.4 is 4.90 Å². The number of hydrogen-bond donors (Lipinski definition) is 0. The highest BCUT2D eigenvalue weighted by molar-refractivity contribution is 9.11. The van der Waals surface area contributed by atoms with Gasteiger partial charge in [0, 0.05) is 18.4 Å². The van der Waals surface area contributed by atoms with E-state index in [0.29, 0.717) is 35.7 Å². The average molecular weight is 458 g/mol. The van der Waals surface area contributed by atoms with Gasteiger partial charge < -0.3 is 9.64 Å². The molecule has 0 aliphatic heterocycles. The standard InChI is InChI=1S/C20H25BrFNO3S/c1-12-3-5-13(6-4-12)19(24)23(15-9-7-14(22)8-10-15)16-11-17(21)27-18(16)20(25)26-2/h7,11-13,15H,3-6,8-10H2,1-2H3/t12-,13-,15?. The number of ether oxygens (including phenoxy) is 1. The molecule has 2 aliphatic carbocycles. The van der Waals surface area contributed by atoms with Gasteiger partial charge in [0.2, 0.25) is 5.91 Å². The van der Waals surface area contributed by atoms with E-state index in [9.17, 15) is 14.0 Å². The molecule has 0 aromatic carbocycles. The monoisotopic (exact) mass is 457 g/mol. The molecule has 1 aromatic rings. The lowest BCUT2D eigenvalue weighted by Gasteiger charge is -2.37. The second kappa shape index (κ2) is 8.86. The third-order valence-corrected chi connectivity index (χ3v) is 7.22. The third-order valence-electron chi connectivity index (χ3n) is 5.61. The SMILES string of the molecule is COC(=O)c1sc(Br)cc1N(C(=O)[C@H]1CC[C@H](C)CC1)C1CC=C(F)CC1. The summed E-state index contributed by atoms with van der Waals surface area (Å²) in [6.07, 6.45) is 6.74. The molecule has 0 spiro atoms. The van der Waals surface area contributed by atoms with E-state index in [1.807, 2.05) is 6.07 Å². The van der Waals surface area contributed by atoms with Crippen LogP contribution in [-0.2, 0) is 9.53 Å². The van der Waals surface area contributed by atoms with Gasteiger partial charge in [-0.2, -0.15) is 0 Å². The lowest BCUT2D eigenvalue weighted by atomic mass is 9.81. The molecular weight excluding hydrogens is 433 g/mol. The molecule has 2 aliphatic rings. The van der Waals surface area contributed by atoms with Crippen LogP contribution in [0.5, 0.6) is 0 Å². The van der Waals surface area contributed by atoms with E-state index >= 15 is 0 Å². The normalized spacial score (nSPS) is 25.6. The fourth-order valence-electron chi connectivity index (χ4n) is 3.99. The van der Waals surface area contributed by atoms with Gasteiger partial charge in [-0.15, -0.1) is 11.3 Å². The molecule has 4 nitrogen and oxygen atoms in total. The molecule has 0 radical (unpaired) electrons. The van der Waals surface area contributed by atoms with Gasteiger partial charge in [-0.05, 0) is 66.4 Å². The largest absolute Gasteiger partial charge is 0.465 e. The van der Waals surface area contributed by atoms with Crippen LogP contribution in [0.2, 0.25) is 0 Å². The zero-order valence-electron chi connectivity index (χ0n) is 15.7. The maximum Gasteiger partial charge on any atom is 0.350 e. The van der Waals surface area contributed by atoms with Crippen LogP contribution in [0.4, 0.5) is 10.1 Å². The van der Waals surface area contributed by atoms with Gasteiger partial charge in [0.05, 0.1) is 22.4 Å². The fourth-order valence-corrected chi connectivity index (χ4v) is 5.49. The van der Waals surface area contributed by atoms with Crippen molar-refractivity contribution in [2.45, 2.75) is 57.9 Å². The molecule has 27 heavy (non-hydrogen) atoms. The third kappa shape index (κ3) is 4.62. The Balaban J connectivity index is 1.96. The molecule has 0 N–H and O–H groups in total. The number of rotatable bonds is 4. The highest BCUT2D eigenvalue weighted by Gasteiger charge is 2.36. The quantitative estimate of drug-likeness (QED) is 0.531. The van der Waals surface area contributed by atoms with Crippen molar-refractivity contribution in [3.63, 3.8) is 0 Å². The summed E-state index contributed by atoms with van der Waals surface area (Å²) in [5.74, 6) is 0.0902. The van der Waals surface area contributed by atoms with E-state index < -0.39 is 5.97 Å². The van der Waals surface area contributed by atoms with Crippen molar-refractivity contribution in [1.29, 1.82) is 0 Å². The number of thiophene rings is 1. The van der Waals surface area contributed by atoms with E-state index in [0.717, 1.165) is 29.5 Å². The summed E-state index contributed by atoms with van der Waals surface area (Å²) >= 11 is 4.70. The maximum absolute atomic E-state index is 13.6. The number of carbonyl (C=O) groups excluding carboxylic acids is 2. The summed E-state index contributed by atoms with van der Waals surface area (Å²) in [4.78, 5) is 28.0. The van der Waals surface area contributed by atoms with E-state index in [-0.39, 0.29) is 23.7 Å². The Morgan fingerprint density at radius 2 is 1.96 bits per heavy atom. The molecule has 1 fully saturated rings. The van der Waals surface area contributed by atoms with Crippen molar-refractivity contribution in [1.82, 2.24) is 0 Å². The summed E-state index contributed by atoms with van der Waals surface area (Å²) in [5.41, 5.74) is 0.586. The van der Waals surface area contributed by atoms with Gasteiger partial charge in [-0.25, -0.2) is 9.18 Å². The van der Waals surface area contributed by atoms with Crippen molar-refractivity contribution >= 4 is 44.8 Å². The number of anilines is 1. The molecule has 1 amide bonds. The first-order valence-corrected chi connectivity index (χ1v) is 11.1. The smallest absolute Gasteiger partial charge is 0.350 e. The first-order valence-electron chi connectivity index (χ1n) is 9.46. The molecule has 1 unspecified atom stereocenters. The van der Waals surface area contributed by atoms with Gasteiger partial charge in [-0.1, -0.05) is 13.0 Å². The molecular formula is C20H25BrFNO3S. The number of hydrogen-bond acceptors (Lipinski definition) is 4. The van der Waals surface area contributed by atoms with E-state index in [1.165, 1.54) is 18.4 Å². The summed E-state index contributed by atoms with van der Waals surface area (Å²) in [6, 6.07) is 1.68. The van der Waals surface area contributed by atoms with E-state index in [2.05, 4.69) is 22.9 Å². The molecule has 148 valence electrons. The van der Waals surface area contributed by atoms with Gasteiger partial charge in [0.25, 0.3) is 0 Å². The van der Waals surface area contributed by atoms with Crippen LogP contribution in [0.15, 0.2) is 21.8 Å². The second-order valence-electron chi connectivity index (χ2n) is 7.50. The topological polar surface area (TPSA) is 46.6 Å². The Kier molecular flexibility index (Phi) is 6.74. The number of esters is 1. The van der Waals surface area contributed by atoms with Crippen LogP contribution in [0, 0.1) is 11.8 Å². The van der Waals surface area contributed by atoms with Crippen molar-refractivity contribution in [3.8, 4) is 0 Å². The molecule has 0 bridgehead atoms. The van der Waals surface area contributed by atoms with Crippen LogP contribution in [0.3, 0.4) is 0 Å². The zero-order valence-corrected chi connectivity index (χ0v) is 18.1. The number of allylic oxidation sites excluding steroid dienone is 1. The van der Waals surface area contributed by atoms with E-state index in [1.54, 1.807) is 11.0 Å². The lowest BCUT2D eigenvalue weighted by molar-refractivity contribution is -0.124. The van der Waals surface area contributed by atoms with Gasteiger partial charge in [-0.3, -0.25) is 4.79 Å². The fraction of sp³-hybridized carbons (Fsp3) is 0.600. The number of methoxy groups -OCH3 is 1. The van der Waals surface area contributed by atoms with Crippen molar-refractivity contribution < 1.29 is 18.7 Å². The predicted molar refractivity (Wildman–Crippen MR) is 109 cm³/mol. The Morgan fingerprint density at radius 3 is 2.56 bits per heavy atom. The number of nitrogens with zero attached hydrogens (tertiary/aromatic N) is 1. The summed E-state index contributed by atoms with van der Waals surface area (Å²) in [7, 11) is 1.34. The number of amides is 1. The molecule has 1 heterocycles. The first kappa shape index (κ1) is 20.5. The predicted octanol–water partition coefficient (Wildman–Crippen LogP) is 5.86. The molecule has 3 rings (SSSR count). The highest BCUT2D eigenvalue weighted by atomic mass is 79.9. The van der Waals surface area contributed by atoms with Crippen molar-refractivity contribution in [2.75, 3.05) is 12.0 Å². The van der Waals surface area contributed by atoms with Crippen LogP contribution in [-0.4, -0.2) is 25.0 Å². The molecule has 1 atom stereocenters. The minimum Gasteiger partial charge on any atom is -0.465 e. The maximum atomic E-state index is 13.6. The lowest BCUT2D eigenvalue weighted by Crippen LogP contribution is -2.45. The second-order valence-corrected chi connectivity index (χ2v) is 9.93. The molecule has 1 aromatic heterocycles. The van der Waals surface area contributed by atoms with Gasteiger partial charge >= 0.3 is 5.97 Å². The zero-order chi connectivity index (χ0) is 19.6. The molecule has 0 saturated heterocycles. The van der Waals surface area contributed by atoms with Crippen molar-refractivity contribution in [2.24, 2.45) is 11.8 Å². The summed E-state index contributed by atoms with van der Waals surface area (Å²) < 4.78 is 19.3. The minimum absolute atomic E-state index is 0.0406.